The molecule has 1 aliphatic heterocycles. The van der Waals surface area contributed by atoms with E-state index in [-0.39, 0.29) is 17.5 Å². The van der Waals surface area contributed by atoms with Gasteiger partial charge in [-0.15, -0.1) is 10.2 Å². The molecule has 0 bridgehead atoms. The van der Waals surface area contributed by atoms with Crippen LogP contribution in [0.5, 0.6) is 0 Å². The first-order valence-electron chi connectivity index (χ1n) is 11.7. The van der Waals surface area contributed by atoms with Crippen LogP contribution in [-0.2, 0) is 14.8 Å². The molecule has 0 amide bonds. The number of ether oxygens (including phenoxy) is 1. The van der Waals surface area contributed by atoms with E-state index in [0.29, 0.717) is 29.2 Å². The summed E-state index contributed by atoms with van der Waals surface area (Å²) < 4.78 is 34.5. The molecule has 35 heavy (non-hydrogen) atoms. The van der Waals surface area contributed by atoms with Gasteiger partial charge in [0.25, 0.3) is 0 Å². The monoisotopic (exact) mass is 488 g/mol. The van der Waals surface area contributed by atoms with Crippen LogP contribution in [0.3, 0.4) is 0 Å². The molecular formula is C27H28N4O3S. The number of rotatable bonds is 7. The van der Waals surface area contributed by atoms with Crippen molar-refractivity contribution in [1.82, 2.24) is 14.9 Å². The number of fused-ring (bicyclic) bond motifs is 1. The van der Waals surface area contributed by atoms with E-state index in [1.807, 2.05) is 67.6 Å². The van der Waals surface area contributed by atoms with Crippen LogP contribution in [0, 0.1) is 13.8 Å². The Kier molecular flexibility index (Phi) is 6.51. The third-order valence-corrected chi connectivity index (χ3v) is 7.81. The van der Waals surface area contributed by atoms with E-state index in [1.54, 1.807) is 13.0 Å². The van der Waals surface area contributed by atoms with Crippen LogP contribution in [-0.4, -0.2) is 37.9 Å². The van der Waals surface area contributed by atoms with Gasteiger partial charge in [-0.2, -0.15) is 0 Å². The van der Waals surface area contributed by atoms with Crippen molar-refractivity contribution in [3.8, 4) is 11.3 Å². The van der Waals surface area contributed by atoms with Crippen LogP contribution < -0.4 is 10.0 Å². The molecular weight excluding hydrogens is 460 g/mol. The van der Waals surface area contributed by atoms with Gasteiger partial charge >= 0.3 is 0 Å². The highest BCUT2D eigenvalue weighted by molar-refractivity contribution is 7.89. The van der Waals surface area contributed by atoms with Crippen LogP contribution >= 0.6 is 0 Å². The zero-order chi connectivity index (χ0) is 24.4. The van der Waals surface area contributed by atoms with Crippen LogP contribution in [0.1, 0.15) is 24.0 Å². The summed E-state index contributed by atoms with van der Waals surface area (Å²) in [6.07, 6.45) is 1.75. The van der Waals surface area contributed by atoms with Gasteiger partial charge in [0.2, 0.25) is 10.0 Å². The fourth-order valence-corrected chi connectivity index (χ4v) is 5.73. The third kappa shape index (κ3) is 5.05. The van der Waals surface area contributed by atoms with Crippen molar-refractivity contribution in [2.45, 2.75) is 37.7 Å². The molecule has 0 spiro atoms. The maximum atomic E-state index is 13.1. The van der Waals surface area contributed by atoms with Gasteiger partial charge in [-0.25, -0.2) is 13.1 Å². The first-order valence-corrected chi connectivity index (χ1v) is 13.2. The number of nitrogens with one attached hydrogen (secondary N) is 2. The van der Waals surface area contributed by atoms with Crippen molar-refractivity contribution in [3.05, 3.63) is 77.9 Å². The molecule has 5 rings (SSSR count). The molecule has 8 heteroatoms. The highest BCUT2D eigenvalue weighted by atomic mass is 32.2. The van der Waals surface area contributed by atoms with Gasteiger partial charge < -0.3 is 10.1 Å². The zero-order valence-electron chi connectivity index (χ0n) is 19.8. The lowest BCUT2D eigenvalue weighted by Crippen LogP contribution is -2.32. The van der Waals surface area contributed by atoms with Gasteiger partial charge in [-0.1, -0.05) is 48.5 Å². The smallest absolute Gasteiger partial charge is 0.240 e. The summed E-state index contributed by atoms with van der Waals surface area (Å²) in [5.74, 6) is 0.646. The molecule has 1 aliphatic rings. The Morgan fingerprint density at radius 2 is 1.80 bits per heavy atom. The molecule has 3 aromatic carbocycles. The second kappa shape index (κ2) is 9.73. The standard InChI is InChI=1S/C27H28N4O3S/c1-18-7-5-8-21(15-18)29-27-24-11-4-3-10-23(24)26(30-31-27)20-13-12-19(2)25(16-20)35(32,33)28-17-22-9-6-14-34-22/h3-5,7-8,10-13,15-16,22,28H,6,9,14,17H2,1-2H3,(H,29,31)/t22-/m1/s1. The average molecular weight is 489 g/mol. The number of hydrogen-bond donors (Lipinski definition) is 2. The molecule has 1 saturated heterocycles. The van der Waals surface area contributed by atoms with Gasteiger partial charge in [0.1, 0.15) is 5.69 Å². The molecule has 1 aromatic heterocycles. The highest BCUT2D eigenvalue weighted by Crippen LogP contribution is 2.33. The summed E-state index contributed by atoms with van der Waals surface area (Å²) in [6, 6.07) is 21.3. The fourth-order valence-electron chi connectivity index (χ4n) is 4.39. The molecule has 1 fully saturated rings. The van der Waals surface area contributed by atoms with Crippen molar-refractivity contribution >= 4 is 32.3 Å². The number of aromatic nitrogens is 2. The van der Waals surface area contributed by atoms with Crippen LogP contribution in [0.2, 0.25) is 0 Å². The third-order valence-electron chi connectivity index (χ3n) is 6.24. The average Bonchev–Trinajstić information content (AvgIpc) is 3.37. The number of nitrogens with zero attached hydrogens (tertiary/aromatic N) is 2. The van der Waals surface area contributed by atoms with Crippen LogP contribution in [0.4, 0.5) is 11.5 Å². The Balaban J connectivity index is 1.51. The minimum atomic E-state index is -3.71. The van der Waals surface area contributed by atoms with Crippen LogP contribution in [0.15, 0.2) is 71.6 Å². The summed E-state index contributed by atoms with van der Waals surface area (Å²) in [6.45, 7) is 4.79. The number of aryl methyl sites for hydroxylation is 2. The van der Waals surface area contributed by atoms with Crippen molar-refractivity contribution < 1.29 is 13.2 Å². The molecule has 0 aliphatic carbocycles. The normalized spacial score (nSPS) is 16.0. The molecule has 0 unspecified atom stereocenters. The number of hydrogen-bond acceptors (Lipinski definition) is 6. The van der Waals surface area contributed by atoms with E-state index in [1.165, 1.54) is 0 Å². The molecule has 180 valence electrons. The largest absolute Gasteiger partial charge is 0.377 e. The first-order chi connectivity index (χ1) is 16.9. The fraction of sp³-hybridized carbons (Fsp3) is 0.259. The summed E-state index contributed by atoms with van der Waals surface area (Å²) in [4.78, 5) is 0.237. The summed E-state index contributed by atoms with van der Waals surface area (Å²) in [5.41, 5.74) is 4.07. The lowest BCUT2D eigenvalue weighted by atomic mass is 10.0. The maximum absolute atomic E-state index is 13.1. The van der Waals surface area contributed by atoms with E-state index < -0.39 is 10.0 Å². The van der Waals surface area contributed by atoms with E-state index >= 15 is 0 Å². The Bertz CT molecular complexity index is 1480. The molecule has 1 atom stereocenters. The van der Waals surface area contributed by atoms with Crippen molar-refractivity contribution in [2.24, 2.45) is 0 Å². The number of anilines is 2. The van der Waals surface area contributed by atoms with Gasteiger partial charge in [-0.05, 0) is 56.0 Å². The van der Waals surface area contributed by atoms with E-state index in [4.69, 9.17) is 4.74 Å². The molecule has 0 radical (unpaired) electrons. The summed E-state index contributed by atoms with van der Waals surface area (Å²) in [5, 5.41) is 14.1. The quantitative estimate of drug-likeness (QED) is 0.375. The van der Waals surface area contributed by atoms with Crippen LogP contribution in [0.25, 0.3) is 22.0 Å². The van der Waals surface area contributed by atoms with Crippen molar-refractivity contribution in [1.29, 1.82) is 0 Å². The van der Waals surface area contributed by atoms with E-state index in [9.17, 15) is 8.42 Å². The second-order valence-corrected chi connectivity index (χ2v) is 10.6. The van der Waals surface area contributed by atoms with Gasteiger partial charge in [0.05, 0.1) is 11.0 Å². The Morgan fingerprint density at radius 1 is 0.971 bits per heavy atom. The summed E-state index contributed by atoms with van der Waals surface area (Å²) in [7, 11) is -3.71. The molecule has 4 aromatic rings. The van der Waals surface area contributed by atoms with Gasteiger partial charge in [0.15, 0.2) is 5.82 Å². The van der Waals surface area contributed by atoms with E-state index in [0.717, 1.165) is 34.9 Å². The minimum Gasteiger partial charge on any atom is -0.377 e. The Labute approximate surface area is 205 Å². The topological polar surface area (TPSA) is 93.2 Å². The molecule has 0 saturated carbocycles. The molecule has 2 heterocycles. The zero-order valence-corrected chi connectivity index (χ0v) is 20.6. The lowest BCUT2D eigenvalue weighted by Gasteiger charge is -2.15. The molecule has 2 N–H and O–H groups in total. The van der Waals surface area contributed by atoms with E-state index in [2.05, 4.69) is 20.2 Å². The number of benzene rings is 3. The minimum absolute atomic E-state index is 0.0727. The maximum Gasteiger partial charge on any atom is 0.240 e. The van der Waals surface area contributed by atoms with Crippen molar-refractivity contribution in [3.63, 3.8) is 0 Å². The SMILES string of the molecule is Cc1cccc(Nc2nnc(-c3ccc(C)c(S(=O)(=O)NC[C@H]4CCCO4)c3)c3ccccc23)c1. The number of sulfonamides is 1. The lowest BCUT2D eigenvalue weighted by molar-refractivity contribution is 0.114. The Hall–Kier alpha value is -3.33. The Morgan fingerprint density at radius 3 is 2.57 bits per heavy atom. The van der Waals surface area contributed by atoms with Gasteiger partial charge in [0, 0.05) is 35.2 Å². The molecule has 7 nitrogen and oxygen atoms in total. The van der Waals surface area contributed by atoms with Crippen molar-refractivity contribution in [2.75, 3.05) is 18.5 Å². The second-order valence-electron chi connectivity index (χ2n) is 8.90. The predicted octanol–water partition coefficient (Wildman–Crippen LogP) is 5.11. The summed E-state index contributed by atoms with van der Waals surface area (Å²) >= 11 is 0. The highest BCUT2D eigenvalue weighted by Gasteiger charge is 2.23. The predicted molar refractivity (Wildman–Crippen MR) is 138 cm³/mol. The first kappa shape index (κ1) is 23.4. The van der Waals surface area contributed by atoms with Gasteiger partial charge in [-0.3, -0.25) is 0 Å².